The fourth-order valence-corrected chi connectivity index (χ4v) is 5.06. The second-order valence-corrected chi connectivity index (χ2v) is 8.60. The van der Waals surface area contributed by atoms with E-state index < -0.39 is 16.2 Å². The van der Waals surface area contributed by atoms with Crippen LogP contribution in [-0.4, -0.2) is 54.0 Å². The van der Waals surface area contributed by atoms with E-state index >= 15 is 0 Å². The van der Waals surface area contributed by atoms with E-state index in [1.54, 1.807) is 7.11 Å². The number of hydrogen-bond donors (Lipinski definition) is 2. The summed E-state index contributed by atoms with van der Waals surface area (Å²) in [6, 6.07) is 0.172. The maximum atomic E-state index is 12.8. The van der Waals surface area contributed by atoms with Gasteiger partial charge in [-0.15, -0.1) is 12.4 Å². The van der Waals surface area contributed by atoms with Crippen LogP contribution in [0, 0.1) is 5.41 Å². The Bertz CT molecular complexity index is 397. The van der Waals surface area contributed by atoms with E-state index in [1.165, 1.54) is 0 Å². The van der Waals surface area contributed by atoms with Crippen molar-refractivity contribution in [2.75, 3.05) is 32.6 Å². The number of piperidine rings is 1. The number of amides is 1. The number of methoxy groups -OCH3 is 1. The van der Waals surface area contributed by atoms with Crippen LogP contribution in [0.3, 0.4) is 0 Å². The van der Waals surface area contributed by atoms with Gasteiger partial charge < -0.3 is 15.4 Å². The van der Waals surface area contributed by atoms with Crippen LogP contribution in [0.5, 0.6) is 0 Å². The largest absolute Gasteiger partial charge is 0.384 e. The molecule has 1 aliphatic heterocycles. The van der Waals surface area contributed by atoms with Crippen molar-refractivity contribution >= 4 is 29.1 Å². The number of rotatable bonds is 6. The first kappa shape index (κ1) is 20.9. The highest BCUT2D eigenvalue weighted by Gasteiger charge is 2.41. The molecule has 0 bridgehead atoms. The topological polar surface area (TPSA) is 67.4 Å². The van der Waals surface area contributed by atoms with E-state index in [0.29, 0.717) is 12.4 Å². The molecule has 1 saturated heterocycles. The molecule has 1 heterocycles. The maximum Gasteiger partial charge on any atom is 0.228 e. The van der Waals surface area contributed by atoms with Gasteiger partial charge in [0.2, 0.25) is 5.91 Å². The Morgan fingerprint density at radius 1 is 1.35 bits per heavy atom. The van der Waals surface area contributed by atoms with E-state index in [9.17, 15) is 9.00 Å². The highest BCUT2D eigenvalue weighted by atomic mass is 35.5. The van der Waals surface area contributed by atoms with Gasteiger partial charge in [-0.25, -0.2) is 0 Å². The van der Waals surface area contributed by atoms with Gasteiger partial charge in [0, 0.05) is 35.0 Å². The van der Waals surface area contributed by atoms with Gasteiger partial charge in [-0.2, -0.15) is 0 Å². The second-order valence-electron chi connectivity index (χ2n) is 6.59. The monoisotopic (exact) mass is 366 g/mol. The van der Waals surface area contributed by atoms with Crippen LogP contribution in [0.25, 0.3) is 0 Å². The number of carbonyl (C=O) groups excluding carboxylic acids is 1. The lowest BCUT2D eigenvalue weighted by molar-refractivity contribution is -0.137. The molecule has 5 nitrogen and oxygen atoms in total. The van der Waals surface area contributed by atoms with Crippen LogP contribution in [0.4, 0.5) is 0 Å². The highest BCUT2D eigenvalue weighted by Crippen LogP contribution is 2.31. The third kappa shape index (κ3) is 5.41. The van der Waals surface area contributed by atoms with Gasteiger partial charge in [0.15, 0.2) is 0 Å². The Hall–Kier alpha value is -0.170. The van der Waals surface area contributed by atoms with Gasteiger partial charge in [0.25, 0.3) is 0 Å². The average molecular weight is 367 g/mol. The predicted octanol–water partition coefficient (Wildman–Crippen LogP) is 1.62. The number of hydrogen-bond acceptors (Lipinski definition) is 4. The number of carbonyl (C=O) groups is 1. The summed E-state index contributed by atoms with van der Waals surface area (Å²) in [4.78, 5) is 12.8. The summed E-state index contributed by atoms with van der Waals surface area (Å²) in [5, 5.41) is 6.80. The van der Waals surface area contributed by atoms with Gasteiger partial charge >= 0.3 is 0 Å². The molecule has 2 fully saturated rings. The predicted molar refractivity (Wildman–Crippen MR) is 96.5 cm³/mol. The van der Waals surface area contributed by atoms with Crippen molar-refractivity contribution in [3.8, 4) is 0 Å². The Balaban J connectivity index is 0.00000264. The first-order valence-electron chi connectivity index (χ1n) is 8.49. The molecule has 23 heavy (non-hydrogen) atoms. The Labute approximate surface area is 148 Å². The van der Waals surface area contributed by atoms with Gasteiger partial charge in [0.1, 0.15) is 0 Å². The standard InChI is InChI=1S/C16H30N2O3S.ClH/c1-3-22(20)14-6-4-5-13(11-14)18-15(19)16(12-21-2)7-9-17-10-8-16;/h13-14,17H,3-12H2,1-2H3,(H,18,19);1H. The van der Waals surface area contributed by atoms with Gasteiger partial charge in [-0.3, -0.25) is 9.00 Å². The minimum absolute atomic E-state index is 0. The molecule has 3 atom stereocenters. The van der Waals surface area contributed by atoms with Crippen LogP contribution in [-0.2, 0) is 20.3 Å². The summed E-state index contributed by atoms with van der Waals surface area (Å²) in [5.74, 6) is 0.841. The minimum Gasteiger partial charge on any atom is -0.384 e. The van der Waals surface area contributed by atoms with Crippen molar-refractivity contribution in [1.82, 2.24) is 10.6 Å². The molecule has 7 heteroatoms. The number of ether oxygens (including phenoxy) is 1. The van der Waals surface area contributed by atoms with Crippen molar-refractivity contribution in [3.63, 3.8) is 0 Å². The molecule has 136 valence electrons. The third-order valence-corrected chi connectivity index (χ3v) is 6.82. The normalized spacial score (nSPS) is 28.4. The zero-order valence-corrected chi connectivity index (χ0v) is 15.9. The fraction of sp³-hybridized carbons (Fsp3) is 0.938. The van der Waals surface area contributed by atoms with Gasteiger partial charge in [-0.1, -0.05) is 13.3 Å². The van der Waals surface area contributed by atoms with E-state index in [2.05, 4.69) is 10.6 Å². The van der Waals surface area contributed by atoms with Crippen LogP contribution in [0.1, 0.15) is 45.4 Å². The number of nitrogens with one attached hydrogen (secondary N) is 2. The molecule has 1 saturated carbocycles. The van der Waals surface area contributed by atoms with Crippen molar-refractivity contribution in [2.45, 2.75) is 56.7 Å². The van der Waals surface area contributed by atoms with E-state index in [4.69, 9.17) is 4.74 Å². The Morgan fingerprint density at radius 2 is 2.04 bits per heavy atom. The first-order valence-corrected chi connectivity index (χ1v) is 9.87. The molecule has 0 spiro atoms. The van der Waals surface area contributed by atoms with Crippen molar-refractivity contribution < 1.29 is 13.7 Å². The lowest BCUT2D eigenvalue weighted by atomic mass is 9.78. The smallest absolute Gasteiger partial charge is 0.228 e. The second kappa shape index (κ2) is 9.97. The minimum atomic E-state index is -0.754. The molecule has 3 unspecified atom stereocenters. The zero-order valence-electron chi connectivity index (χ0n) is 14.3. The fourth-order valence-electron chi connectivity index (χ4n) is 3.71. The summed E-state index contributed by atoms with van der Waals surface area (Å²) < 4.78 is 17.4. The molecule has 0 aromatic rings. The SMILES string of the molecule is CCS(=O)C1CCCC(NC(=O)C2(COC)CCNCC2)C1.Cl. The highest BCUT2D eigenvalue weighted by molar-refractivity contribution is 7.85. The molecule has 0 aromatic heterocycles. The van der Waals surface area contributed by atoms with Gasteiger partial charge in [0.05, 0.1) is 12.0 Å². The maximum absolute atomic E-state index is 12.8. The average Bonchev–Trinajstić information content (AvgIpc) is 2.55. The molecule has 0 radical (unpaired) electrons. The van der Waals surface area contributed by atoms with Gasteiger partial charge in [-0.05, 0) is 45.2 Å². The summed E-state index contributed by atoms with van der Waals surface area (Å²) in [6.07, 6.45) is 5.59. The lowest BCUT2D eigenvalue weighted by Gasteiger charge is -2.38. The third-order valence-electron chi connectivity index (χ3n) is 5.08. The molecule has 0 aromatic carbocycles. The van der Waals surface area contributed by atoms with E-state index in [0.717, 1.165) is 51.6 Å². The summed E-state index contributed by atoms with van der Waals surface area (Å²) in [7, 11) is 0.911. The number of halogens is 1. The lowest BCUT2D eigenvalue weighted by Crippen LogP contribution is -2.53. The van der Waals surface area contributed by atoms with Crippen LogP contribution in [0.2, 0.25) is 0 Å². The molecular formula is C16H31ClN2O3S. The van der Waals surface area contributed by atoms with Crippen molar-refractivity contribution in [2.24, 2.45) is 5.41 Å². The summed E-state index contributed by atoms with van der Waals surface area (Å²) in [5.41, 5.74) is -0.392. The Morgan fingerprint density at radius 3 is 2.65 bits per heavy atom. The van der Waals surface area contributed by atoms with E-state index in [-0.39, 0.29) is 29.6 Å². The molecule has 2 N–H and O–H groups in total. The van der Waals surface area contributed by atoms with Crippen LogP contribution < -0.4 is 10.6 Å². The molecule has 2 aliphatic rings. The molecule has 1 aliphatic carbocycles. The zero-order chi connectivity index (χ0) is 16.0. The van der Waals surface area contributed by atoms with E-state index in [1.807, 2.05) is 6.92 Å². The Kier molecular flexibility index (Phi) is 9.04. The molecular weight excluding hydrogens is 336 g/mol. The summed E-state index contributed by atoms with van der Waals surface area (Å²) >= 11 is 0. The quantitative estimate of drug-likeness (QED) is 0.749. The first-order chi connectivity index (χ1) is 10.6. The van der Waals surface area contributed by atoms with Crippen LogP contribution >= 0.6 is 12.4 Å². The van der Waals surface area contributed by atoms with Crippen LogP contribution in [0.15, 0.2) is 0 Å². The molecule has 1 amide bonds. The van der Waals surface area contributed by atoms with Crippen molar-refractivity contribution in [1.29, 1.82) is 0 Å². The molecule has 2 rings (SSSR count). The summed E-state index contributed by atoms with van der Waals surface area (Å²) in [6.45, 7) is 4.19. The van der Waals surface area contributed by atoms with Crippen molar-refractivity contribution in [3.05, 3.63) is 0 Å².